The normalized spacial score (nSPS) is 15.4. The number of methoxy groups -OCH3 is 1. The van der Waals surface area contributed by atoms with E-state index in [1.807, 2.05) is 12.1 Å². The second-order valence-corrected chi connectivity index (χ2v) is 7.52. The predicted octanol–water partition coefficient (Wildman–Crippen LogP) is 3.19. The fourth-order valence-electron chi connectivity index (χ4n) is 3.36. The number of ether oxygens (including phenoxy) is 1. The van der Waals surface area contributed by atoms with E-state index in [1.165, 1.54) is 5.52 Å². The lowest BCUT2D eigenvalue weighted by Crippen LogP contribution is -2.49. The summed E-state index contributed by atoms with van der Waals surface area (Å²) in [4.78, 5) is 15.6. The number of fused-ring (bicyclic) bond motifs is 1. The maximum Gasteiger partial charge on any atom is 0.218 e. The van der Waals surface area contributed by atoms with Crippen LogP contribution in [0.4, 0.5) is 5.82 Å². The topological polar surface area (TPSA) is 56.1 Å². The van der Waals surface area contributed by atoms with E-state index in [9.17, 15) is 0 Å². The molecule has 0 amide bonds. The van der Waals surface area contributed by atoms with Crippen molar-refractivity contribution in [2.45, 2.75) is 32.2 Å². The van der Waals surface area contributed by atoms with Crippen LogP contribution in [-0.4, -0.2) is 39.7 Å². The van der Waals surface area contributed by atoms with Crippen molar-refractivity contribution in [3.63, 3.8) is 0 Å². The molecule has 0 bridgehead atoms. The number of para-hydroxylation sites is 2. The van der Waals surface area contributed by atoms with E-state index in [1.54, 1.807) is 13.4 Å². The Morgan fingerprint density at radius 2 is 1.88 bits per heavy atom. The number of anilines is 1. The van der Waals surface area contributed by atoms with Crippen molar-refractivity contribution >= 4 is 16.9 Å². The largest absolute Gasteiger partial charge is 0.481 e. The highest BCUT2D eigenvalue weighted by atomic mass is 16.5. The monoisotopic (exact) mass is 337 g/mol. The van der Waals surface area contributed by atoms with Crippen LogP contribution in [0.1, 0.15) is 32.6 Å². The third-order valence-electron chi connectivity index (χ3n) is 4.65. The quantitative estimate of drug-likeness (QED) is 0.735. The summed E-state index contributed by atoms with van der Waals surface area (Å²) in [7, 11) is 1.62. The van der Waals surface area contributed by atoms with Gasteiger partial charge in [0.25, 0.3) is 0 Å². The lowest BCUT2D eigenvalue weighted by Gasteiger charge is -2.42. The molecular formula is C19H23N5O. The fraction of sp³-hybridized carbons (Fsp3) is 0.421. The molecule has 4 rings (SSSR count). The van der Waals surface area contributed by atoms with Gasteiger partial charge in [-0.05, 0) is 12.1 Å². The molecule has 6 heteroatoms. The number of hydrogen-bond donors (Lipinski definition) is 0. The van der Waals surface area contributed by atoms with E-state index in [2.05, 4.69) is 58.4 Å². The van der Waals surface area contributed by atoms with Crippen LogP contribution in [0.2, 0.25) is 0 Å². The van der Waals surface area contributed by atoms with Gasteiger partial charge in [-0.1, -0.05) is 32.9 Å². The summed E-state index contributed by atoms with van der Waals surface area (Å²) in [6, 6.07) is 10.7. The molecule has 0 aliphatic carbocycles. The van der Waals surface area contributed by atoms with Crippen molar-refractivity contribution < 1.29 is 4.74 Å². The highest BCUT2D eigenvalue weighted by Crippen LogP contribution is 2.35. The van der Waals surface area contributed by atoms with Gasteiger partial charge in [-0.3, -0.25) is 0 Å². The third kappa shape index (κ3) is 2.71. The van der Waals surface area contributed by atoms with E-state index in [0.717, 1.165) is 30.2 Å². The first kappa shape index (κ1) is 15.9. The number of imidazole rings is 1. The second kappa shape index (κ2) is 5.72. The Bertz CT molecular complexity index is 906. The molecule has 1 aliphatic heterocycles. The molecule has 3 heterocycles. The highest BCUT2D eigenvalue weighted by molar-refractivity contribution is 5.76. The Morgan fingerprint density at radius 3 is 2.60 bits per heavy atom. The lowest BCUT2D eigenvalue weighted by molar-refractivity contribution is 0.368. The van der Waals surface area contributed by atoms with Crippen molar-refractivity contribution in [3.05, 3.63) is 42.5 Å². The Labute approximate surface area is 147 Å². The van der Waals surface area contributed by atoms with Crippen LogP contribution in [-0.2, 0) is 5.41 Å². The van der Waals surface area contributed by atoms with Gasteiger partial charge in [0.15, 0.2) is 0 Å². The lowest BCUT2D eigenvalue weighted by atomic mass is 9.94. The number of hydrogen-bond acceptors (Lipinski definition) is 5. The molecule has 6 nitrogen and oxygen atoms in total. The van der Waals surface area contributed by atoms with Crippen LogP contribution < -0.4 is 9.64 Å². The van der Waals surface area contributed by atoms with Gasteiger partial charge in [-0.2, -0.15) is 0 Å². The summed E-state index contributed by atoms with van der Waals surface area (Å²) in [6.45, 7) is 8.47. The fourth-order valence-corrected chi connectivity index (χ4v) is 3.36. The molecule has 1 aromatic carbocycles. The van der Waals surface area contributed by atoms with Crippen LogP contribution in [0, 0.1) is 0 Å². The molecule has 3 aromatic rings. The molecule has 0 saturated carbocycles. The van der Waals surface area contributed by atoms with Gasteiger partial charge in [0.05, 0.1) is 24.2 Å². The summed E-state index contributed by atoms with van der Waals surface area (Å²) >= 11 is 0. The summed E-state index contributed by atoms with van der Waals surface area (Å²) in [5, 5.41) is 0. The van der Waals surface area contributed by atoms with Gasteiger partial charge >= 0.3 is 0 Å². The molecule has 0 N–H and O–H groups in total. The van der Waals surface area contributed by atoms with E-state index in [-0.39, 0.29) is 5.41 Å². The number of nitrogens with zero attached hydrogens (tertiary/aromatic N) is 5. The first-order chi connectivity index (χ1) is 12.0. The molecule has 1 saturated heterocycles. The van der Waals surface area contributed by atoms with Crippen molar-refractivity contribution in [3.8, 4) is 5.88 Å². The van der Waals surface area contributed by atoms with Crippen LogP contribution in [0.5, 0.6) is 5.88 Å². The second-order valence-electron chi connectivity index (χ2n) is 7.52. The van der Waals surface area contributed by atoms with Crippen LogP contribution in [0.3, 0.4) is 0 Å². The highest BCUT2D eigenvalue weighted by Gasteiger charge is 2.34. The Balaban J connectivity index is 1.65. The molecule has 1 aliphatic rings. The summed E-state index contributed by atoms with van der Waals surface area (Å²) < 4.78 is 7.61. The van der Waals surface area contributed by atoms with Gasteiger partial charge in [-0.15, -0.1) is 0 Å². The molecule has 1 fully saturated rings. The van der Waals surface area contributed by atoms with E-state index >= 15 is 0 Å². The molecule has 0 radical (unpaired) electrons. The maximum absolute atomic E-state index is 5.20. The predicted molar refractivity (Wildman–Crippen MR) is 98.3 cm³/mol. The first-order valence-electron chi connectivity index (χ1n) is 8.56. The van der Waals surface area contributed by atoms with Crippen LogP contribution >= 0.6 is 0 Å². The SMILES string of the molecule is COc1cc(N2CC(n3c(C(C)(C)C)nc4ccccc43)C2)ncn1. The van der Waals surface area contributed by atoms with Gasteiger partial charge in [-0.25, -0.2) is 15.0 Å². The number of rotatable bonds is 3. The molecule has 2 aromatic heterocycles. The Morgan fingerprint density at radius 1 is 1.12 bits per heavy atom. The van der Waals surface area contributed by atoms with Crippen molar-refractivity contribution in [1.82, 2.24) is 19.5 Å². The van der Waals surface area contributed by atoms with Gasteiger partial charge in [0.2, 0.25) is 5.88 Å². The summed E-state index contributed by atoms with van der Waals surface area (Å²) in [6.07, 6.45) is 1.55. The van der Waals surface area contributed by atoms with Crippen LogP contribution in [0.15, 0.2) is 36.7 Å². The van der Waals surface area contributed by atoms with Crippen molar-refractivity contribution in [1.29, 1.82) is 0 Å². The average molecular weight is 337 g/mol. The van der Waals surface area contributed by atoms with Gasteiger partial charge in [0.1, 0.15) is 18.0 Å². The van der Waals surface area contributed by atoms with Crippen molar-refractivity contribution in [2.75, 3.05) is 25.1 Å². The maximum atomic E-state index is 5.20. The molecule has 0 spiro atoms. The van der Waals surface area contributed by atoms with E-state index in [4.69, 9.17) is 9.72 Å². The average Bonchev–Trinajstić information content (AvgIpc) is 2.94. The first-order valence-corrected chi connectivity index (χ1v) is 8.56. The van der Waals surface area contributed by atoms with Gasteiger partial charge in [0, 0.05) is 24.6 Å². The summed E-state index contributed by atoms with van der Waals surface area (Å²) in [5.74, 6) is 2.64. The third-order valence-corrected chi connectivity index (χ3v) is 4.65. The summed E-state index contributed by atoms with van der Waals surface area (Å²) in [5.41, 5.74) is 2.27. The zero-order chi connectivity index (χ0) is 17.6. The van der Waals surface area contributed by atoms with E-state index < -0.39 is 0 Å². The van der Waals surface area contributed by atoms with Gasteiger partial charge < -0.3 is 14.2 Å². The minimum atomic E-state index is -0.00240. The van der Waals surface area contributed by atoms with E-state index in [0.29, 0.717) is 11.9 Å². The molecule has 130 valence electrons. The molecule has 0 atom stereocenters. The Hall–Kier alpha value is -2.63. The zero-order valence-electron chi connectivity index (χ0n) is 15.1. The standard InChI is InChI=1S/C19H23N5O/c1-19(2,3)18-22-14-7-5-6-8-15(14)24(18)13-10-23(11-13)16-9-17(25-4)21-12-20-16/h5-9,12-13H,10-11H2,1-4H3. The minimum absolute atomic E-state index is 0.00240. The molecular weight excluding hydrogens is 314 g/mol. The van der Waals surface area contributed by atoms with Crippen LogP contribution in [0.25, 0.3) is 11.0 Å². The number of benzene rings is 1. The smallest absolute Gasteiger partial charge is 0.218 e. The number of aromatic nitrogens is 4. The Kier molecular flexibility index (Phi) is 3.63. The molecule has 25 heavy (non-hydrogen) atoms. The zero-order valence-corrected chi connectivity index (χ0v) is 15.1. The minimum Gasteiger partial charge on any atom is -0.481 e. The van der Waals surface area contributed by atoms with Crippen molar-refractivity contribution in [2.24, 2.45) is 0 Å². The molecule has 0 unspecified atom stereocenters.